The summed E-state index contributed by atoms with van der Waals surface area (Å²) in [5.41, 5.74) is 27.1. The van der Waals surface area contributed by atoms with Crippen molar-refractivity contribution in [2.75, 3.05) is 9.80 Å². The molecule has 0 heterocycles. The van der Waals surface area contributed by atoms with E-state index in [1.807, 2.05) is 0 Å². The number of aryl methyl sites for hydroxylation is 4. The van der Waals surface area contributed by atoms with E-state index in [1.165, 1.54) is 144 Å². The van der Waals surface area contributed by atoms with E-state index in [-0.39, 0.29) is 0 Å². The molecular weight excluding hydrogens is 1110 g/mol. The second-order valence-electron chi connectivity index (χ2n) is 25.6. The Kier molecular flexibility index (Phi) is 14.5. The monoisotopic (exact) mass is 1180 g/mol. The highest BCUT2D eigenvalue weighted by molar-refractivity contribution is 6.28. The molecule has 2 nitrogen and oxygen atoms in total. The zero-order valence-electron chi connectivity index (χ0n) is 53.3. The zero-order chi connectivity index (χ0) is 61.9. The van der Waals surface area contributed by atoms with E-state index in [0.717, 1.165) is 62.7 Å². The van der Waals surface area contributed by atoms with Crippen molar-refractivity contribution in [3.05, 3.63) is 358 Å². The third kappa shape index (κ3) is 8.74. The Hall–Kier alpha value is -10.3. The lowest BCUT2D eigenvalue weighted by molar-refractivity contribution is 0.768. The van der Waals surface area contributed by atoms with Gasteiger partial charge in [-0.15, -0.1) is 0 Å². The van der Waals surface area contributed by atoms with E-state index in [0.29, 0.717) is 0 Å². The van der Waals surface area contributed by atoms with Crippen LogP contribution in [-0.2, 0) is 36.5 Å². The summed E-state index contributed by atoms with van der Waals surface area (Å²) in [4.78, 5) is 5.35. The molecule has 0 fully saturated rings. The van der Waals surface area contributed by atoms with Gasteiger partial charge in [0.1, 0.15) is 0 Å². The van der Waals surface area contributed by atoms with Crippen LogP contribution in [0.5, 0.6) is 0 Å². The van der Waals surface area contributed by atoms with Crippen molar-refractivity contribution in [3.63, 3.8) is 0 Å². The molecule has 0 spiro atoms. The highest BCUT2D eigenvalue weighted by Crippen LogP contribution is 2.60. The van der Waals surface area contributed by atoms with Crippen molar-refractivity contribution in [2.45, 2.75) is 89.9 Å². The van der Waals surface area contributed by atoms with Crippen LogP contribution in [0.15, 0.2) is 291 Å². The Morgan fingerprint density at radius 3 is 0.891 bits per heavy atom. The molecule has 16 rings (SSSR count). The lowest BCUT2D eigenvalue weighted by Gasteiger charge is -2.36. The Morgan fingerprint density at radius 1 is 0.261 bits per heavy atom. The first-order valence-corrected chi connectivity index (χ1v) is 33.7. The van der Waals surface area contributed by atoms with Crippen LogP contribution < -0.4 is 9.80 Å². The Balaban J connectivity index is 0.956. The highest BCUT2D eigenvalue weighted by atomic mass is 15.2. The van der Waals surface area contributed by atoms with Crippen molar-refractivity contribution in [1.82, 2.24) is 0 Å². The van der Waals surface area contributed by atoms with Crippen LogP contribution in [0.1, 0.15) is 120 Å². The van der Waals surface area contributed by atoms with Gasteiger partial charge in [-0.3, -0.25) is 0 Å². The van der Waals surface area contributed by atoms with Gasteiger partial charge in [0.05, 0.1) is 33.6 Å². The number of fused-ring (bicyclic) bond motifs is 6. The summed E-state index contributed by atoms with van der Waals surface area (Å²) < 4.78 is 0. The molecule has 0 atom stereocenters. The SMILES string of the molecule is CCCc1cccc(CCC)c1N(c1cccc(C2(c3ccccc3)c3ccccc3-c3ccccc32)c1)c1ccc2ccc3c(N(c4cccc(C5(c6ccccc6)c6ccccc6-c6ccccc65)c4)c4c(CCC)cccc4CCC)ccc4ccc1c2c43. The summed E-state index contributed by atoms with van der Waals surface area (Å²) in [5, 5.41) is 7.52. The minimum absolute atomic E-state index is 0.559. The Morgan fingerprint density at radius 2 is 0.554 bits per heavy atom. The molecule has 14 aromatic rings. The van der Waals surface area contributed by atoms with Gasteiger partial charge in [0, 0.05) is 22.1 Å². The van der Waals surface area contributed by atoms with Crippen LogP contribution in [0, 0.1) is 0 Å². The maximum absolute atomic E-state index is 2.68. The summed E-state index contributed by atoms with van der Waals surface area (Å²) in [6.45, 7) is 9.31. The standard InChI is InChI=1S/C90H76N2/c1-5-27-63-31-23-32-64(28-6-2)87(63)91(71-41-25-39-69(59-71)89(67-35-11-9-12-36-67)79-47-19-15-43-73(79)74-44-16-20-48-80(74)89)83-57-53-61-52-56-78-84(58-54-62-51-55-77(83)85(61)86(62)78)92(88-65(29-7-3)33-24-34-66(88)30-8-4)72-42-26-40-70(60-72)90(68-37-13-10-14-38-68)81-49-21-17-45-75(81)76-46-18-22-50-82(76)90/h9-26,31-60H,5-8,27-30H2,1-4H3. The second-order valence-corrected chi connectivity index (χ2v) is 25.6. The van der Waals surface area contributed by atoms with Gasteiger partial charge < -0.3 is 9.80 Å². The van der Waals surface area contributed by atoms with Crippen molar-refractivity contribution >= 4 is 66.4 Å². The van der Waals surface area contributed by atoms with Crippen LogP contribution in [0.25, 0.3) is 54.6 Å². The van der Waals surface area contributed by atoms with Gasteiger partial charge in [-0.1, -0.05) is 308 Å². The normalized spacial score (nSPS) is 13.3. The van der Waals surface area contributed by atoms with Crippen molar-refractivity contribution in [1.29, 1.82) is 0 Å². The van der Waals surface area contributed by atoms with Crippen LogP contribution in [0.4, 0.5) is 34.1 Å². The van der Waals surface area contributed by atoms with Gasteiger partial charge in [0.15, 0.2) is 0 Å². The first-order chi connectivity index (χ1) is 45.5. The second kappa shape index (κ2) is 23.5. The lowest BCUT2D eigenvalue weighted by Crippen LogP contribution is -2.29. The minimum Gasteiger partial charge on any atom is -0.309 e. The van der Waals surface area contributed by atoms with E-state index in [9.17, 15) is 0 Å². The maximum atomic E-state index is 2.68. The summed E-state index contributed by atoms with van der Waals surface area (Å²) in [7, 11) is 0. The van der Waals surface area contributed by atoms with Crippen LogP contribution in [0.2, 0.25) is 0 Å². The van der Waals surface area contributed by atoms with Crippen LogP contribution in [0.3, 0.4) is 0 Å². The molecule has 0 aliphatic heterocycles. The molecule has 0 amide bonds. The number of anilines is 6. The molecule has 14 aromatic carbocycles. The van der Waals surface area contributed by atoms with Gasteiger partial charge in [0.25, 0.3) is 0 Å². The molecule has 2 heteroatoms. The van der Waals surface area contributed by atoms with E-state index >= 15 is 0 Å². The number of para-hydroxylation sites is 2. The summed E-state index contributed by atoms with van der Waals surface area (Å²) in [5.74, 6) is 0. The molecule has 0 saturated carbocycles. The Labute approximate surface area is 543 Å². The molecule has 2 aliphatic carbocycles. The fraction of sp³-hybridized carbons (Fsp3) is 0.156. The largest absolute Gasteiger partial charge is 0.309 e. The van der Waals surface area contributed by atoms with Gasteiger partial charge in [-0.2, -0.15) is 0 Å². The van der Waals surface area contributed by atoms with Gasteiger partial charge in [-0.25, -0.2) is 0 Å². The Bertz CT molecular complexity index is 4610. The highest BCUT2D eigenvalue weighted by Gasteiger charge is 2.48. The molecule has 2 aliphatic rings. The average Bonchev–Trinajstić information content (AvgIpc) is 1.45. The van der Waals surface area contributed by atoms with Gasteiger partial charge in [-0.05, 0) is 173 Å². The van der Waals surface area contributed by atoms with Crippen LogP contribution >= 0.6 is 0 Å². The van der Waals surface area contributed by atoms with Crippen LogP contribution in [-0.4, -0.2) is 0 Å². The smallest absolute Gasteiger partial charge is 0.0714 e. The minimum atomic E-state index is -0.559. The fourth-order valence-electron chi connectivity index (χ4n) is 16.9. The zero-order valence-corrected chi connectivity index (χ0v) is 53.3. The first-order valence-electron chi connectivity index (χ1n) is 33.7. The number of hydrogen-bond donors (Lipinski definition) is 0. The molecular formula is C90H76N2. The third-order valence-corrected chi connectivity index (χ3v) is 20.4. The lowest BCUT2D eigenvalue weighted by atomic mass is 9.67. The van der Waals surface area contributed by atoms with Crippen molar-refractivity contribution in [3.8, 4) is 22.3 Å². The summed E-state index contributed by atoms with van der Waals surface area (Å²) in [6, 6.07) is 112. The summed E-state index contributed by atoms with van der Waals surface area (Å²) in [6.07, 6.45) is 8.02. The van der Waals surface area contributed by atoms with Gasteiger partial charge >= 0.3 is 0 Å². The number of rotatable bonds is 18. The molecule has 0 N–H and O–H groups in total. The predicted octanol–water partition coefficient (Wildman–Crippen LogP) is 24.1. The van der Waals surface area contributed by atoms with E-state index in [1.54, 1.807) is 0 Å². The maximum Gasteiger partial charge on any atom is 0.0714 e. The molecule has 0 aromatic heterocycles. The first kappa shape index (κ1) is 56.9. The topological polar surface area (TPSA) is 6.48 Å². The third-order valence-electron chi connectivity index (χ3n) is 20.4. The van der Waals surface area contributed by atoms with E-state index in [2.05, 4.69) is 329 Å². The molecule has 446 valence electrons. The number of hydrogen-bond acceptors (Lipinski definition) is 2. The van der Waals surface area contributed by atoms with Crippen molar-refractivity contribution < 1.29 is 0 Å². The van der Waals surface area contributed by atoms with Crippen molar-refractivity contribution in [2.24, 2.45) is 0 Å². The van der Waals surface area contributed by atoms with E-state index in [4.69, 9.17) is 0 Å². The van der Waals surface area contributed by atoms with E-state index < -0.39 is 10.8 Å². The predicted molar refractivity (Wildman–Crippen MR) is 390 cm³/mol. The molecule has 0 bridgehead atoms. The summed E-state index contributed by atoms with van der Waals surface area (Å²) >= 11 is 0. The van der Waals surface area contributed by atoms with Gasteiger partial charge in [0.2, 0.25) is 0 Å². The molecule has 0 unspecified atom stereocenters. The molecule has 0 saturated heterocycles. The fourth-order valence-corrected chi connectivity index (χ4v) is 16.9. The molecule has 0 radical (unpaired) electrons. The number of nitrogens with zero attached hydrogens (tertiary/aromatic N) is 2. The average molecular weight is 1190 g/mol. The quantitative estimate of drug-likeness (QED) is 0.0790. The molecule has 92 heavy (non-hydrogen) atoms. The number of benzene rings is 14.